The van der Waals surface area contributed by atoms with Crippen molar-refractivity contribution in [3.8, 4) is 0 Å². The summed E-state index contributed by atoms with van der Waals surface area (Å²) >= 11 is 3.22. The maximum atomic E-state index is 13.5. The molecule has 5 heterocycles. The Kier molecular flexibility index (Phi) is 7.73. The molecule has 3 aromatic rings. The van der Waals surface area contributed by atoms with Gasteiger partial charge in [0, 0.05) is 31.3 Å². The van der Waals surface area contributed by atoms with E-state index in [1.807, 2.05) is 19.1 Å². The molecule has 0 spiro atoms. The fraction of sp³-hybridized carbons (Fsp3) is 0.435. The number of aryl methyl sites for hydroxylation is 1. The van der Waals surface area contributed by atoms with Crippen LogP contribution in [0.3, 0.4) is 0 Å². The van der Waals surface area contributed by atoms with Gasteiger partial charge in [0.2, 0.25) is 12.2 Å². The number of amides is 1. The second kappa shape index (κ2) is 11.2. The maximum absolute atomic E-state index is 13.5. The van der Waals surface area contributed by atoms with Crippen LogP contribution in [0, 0.1) is 0 Å². The highest BCUT2D eigenvalue weighted by Crippen LogP contribution is 2.37. The van der Waals surface area contributed by atoms with Gasteiger partial charge in [0.1, 0.15) is 11.5 Å². The number of hydrogen-bond donors (Lipinski definition) is 1. The molecular formula is C23H23BrF3N9O4. The number of imidazole rings is 1. The lowest BCUT2D eigenvalue weighted by Gasteiger charge is -2.40. The Bertz CT molecular complexity index is 1410. The van der Waals surface area contributed by atoms with Crippen LogP contribution in [-0.2, 0) is 22.5 Å². The average Bonchev–Trinajstić information content (AvgIpc) is 3.62. The normalized spacial score (nSPS) is 16.7. The lowest BCUT2D eigenvalue weighted by Crippen LogP contribution is -2.60. The number of hydrogen-bond acceptors (Lipinski definition) is 11. The molecule has 0 aliphatic carbocycles. The van der Waals surface area contributed by atoms with E-state index in [9.17, 15) is 22.8 Å². The molecule has 3 aromatic heterocycles. The Morgan fingerprint density at radius 2 is 2.05 bits per heavy atom. The Morgan fingerprint density at radius 3 is 2.77 bits per heavy atom. The summed E-state index contributed by atoms with van der Waals surface area (Å²) < 4.78 is 44.9. The van der Waals surface area contributed by atoms with Crippen LogP contribution in [0.4, 0.5) is 19.0 Å². The van der Waals surface area contributed by atoms with Gasteiger partial charge in [-0.15, -0.1) is 5.10 Å². The smallest absolute Gasteiger partial charge is 0.339 e. The molecule has 2 aliphatic rings. The van der Waals surface area contributed by atoms with Gasteiger partial charge < -0.3 is 19.2 Å². The number of H-pyrrole nitrogens is 1. The largest absolute Gasteiger partial charge is 0.493 e. The van der Waals surface area contributed by atoms with E-state index >= 15 is 0 Å². The van der Waals surface area contributed by atoms with Gasteiger partial charge in [0.15, 0.2) is 16.4 Å². The monoisotopic (exact) mass is 625 g/mol. The summed E-state index contributed by atoms with van der Waals surface area (Å²) in [6.07, 6.45) is -2.15. The van der Waals surface area contributed by atoms with Crippen molar-refractivity contribution < 1.29 is 32.1 Å². The zero-order chi connectivity index (χ0) is 28.4. The van der Waals surface area contributed by atoms with E-state index in [-0.39, 0.29) is 40.8 Å². The molecule has 2 aliphatic heterocycles. The number of anilines is 1. The molecule has 0 aromatic carbocycles. The third-order valence-electron chi connectivity index (χ3n) is 6.11. The Morgan fingerprint density at radius 1 is 1.23 bits per heavy atom. The van der Waals surface area contributed by atoms with E-state index in [0.717, 1.165) is 18.5 Å². The quantitative estimate of drug-likeness (QED) is 0.332. The molecule has 0 saturated carbocycles. The fourth-order valence-corrected chi connectivity index (χ4v) is 4.69. The Balaban J connectivity index is 1.41. The number of unbranched alkanes of at least 4 members (excludes halogenated alkanes) is 2. The van der Waals surface area contributed by atoms with E-state index in [2.05, 4.69) is 51.0 Å². The first kappa shape index (κ1) is 27.5. The van der Waals surface area contributed by atoms with Crippen molar-refractivity contribution in [2.75, 3.05) is 11.4 Å². The predicted molar refractivity (Wildman–Crippen MR) is 134 cm³/mol. The molecule has 40 heavy (non-hydrogen) atoms. The molecule has 0 bridgehead atoms. The summed E-state index contributed by atoms with van der Waals surface area (Å²) in [6.45, 7) is 2.30. The minimum absolute atomic E-state index is 0.0148. The lowest BCUT2D eigenvalue weighted by atomic mass is 10.2. The summed E-state index contributed by atoms with van der Waals surface area (Å²) in [6, 6.07) is 5.43. The van der Waals surface area contributed by atoms with Gasteiger partial charge >= 0.3 is 12.1 Å². The minimum atomic E-state index is -5.27. The Labute approximate surface area is 233 Å². The number of alkyl halides is 3. The van der Waals surface area contributed by atoms with Gasteiger partial charge in [-0.2, -0.15) is 18.2 Å². The van der Waals surface area contributed by atoms with Crippen LogP contribution in [0.2, 0.25) is 0 Å². The number of aromatic nitrogens is 5. The molecule has 212 valence electrons. The molecular weight excluding hydrogens is 603 g/mol. The van der Waals surface area contributed by atoms with Crippen LogP contribution in [0.25, 0.3) is 0 Å². The lowest BCUT2D eigenvalue weighted by molar-refractivity contribution is -0.249. The summed E-state index contributed by atoms with van der Waals surface area (Å²) in [5.41, 5.74) is 0.857. The zero-order valence-electron chi connectivity index (χ0n) is 21.1. The molecule has 1 amide bonds. The summed E-state index contributed by atoms with van der Waals surface area (Å²) in [5.74, 6) is -2.20. The van der Waals surface area contributed by atoms with Gasteiger partial charge in [-0.05, 0) is 34.5 Å². The number of rotatable bonds is 10. The number of carbonyl (C=O) groups is 2. The topological polar surface area (TPSA) is 146 Å². The van der Waals surface area contributed by atoms with Gasteiger partial charge in [-0.25, -0.2) is 14.7 Å². The predicted octanol–water partition coefficient (Wildman–Crippen LogP) is 3.56. The summed E-state index contributed by atoms with van der Waals surface area (Å²) in [5, 5.41) is 8.55. The van der Waals surface area contributed by atoms with Crippen molar-refractivity contribution in [1.29, 1.82) is 0 Å². The number of nitrogens with one attached hydrogen (secondary N) is 1. The van der Waals surface area contributed by atoms with E-state index in [1.165, 1.54) is 4.90 Å². The first-order valence-electron chi connectivity index (χ1n) is 12.4. The summed E-state index contributed by atoms with van der Waals surface area (Å²) in [7, 11) is 0. The van der Waals surface area contributed by atoms with Crippen molar-refractivity contribution in [2.24, 2.45) is 5.10 Å². The number of amidine groups is 1. The maximum Gasteiger partial charge on any atom is 0.493 e. The van der Waals surface area contributed by atoms with Crippen LogP contribution >= 0.6 is 15.9 Å². The molecule has 1 atom stereocenters. The van der Waals surface area contributed by atoms with Gasteiger partial charge in [0.25, 0.3) is 5.91 Å². The summed E-state index contributed by atoms with van der Waals surface area (Å²) in [4.78, 5) is 48.4. The third kappa shape index (κ3) is 5.64. The fourth-order valence-electron chi connectivity index (χ4n) is 4.32. The second-order valence-electron chi connectivity index (χ2n) is 8.95. The Hall–Kier alpha value is -4.02. The van der Waals surface area contributed by atoms with Crippen LogP contribution in [0.15, 0.2) is 38.8 Å². The van der Waals surface area contributed by atoms with Crippen LogP contribution in [-0.4, -0.2) is 71.9 Å². The minimum Gasteiger partial charge on any atom is -0.339 e. The molecule has 0 radical (unpaired) electrons. The SMILES string of the molecule is CCCCCN1c2nc(Br)[nH]c2C(=O)N2C(CCc3nc(Cc4ccccn4)no3)=NN(OC(=O)C(F)(F)F)C21. The van der Waals surface area contributed by atoms with Gasteiger partial charge in [0.05, 0.1) is 6.42 Å². The van der Waals surface area contributed by atoms with Crippen molar-refractivity contribution >= 4 is 39.5 Å². The molecule has 13 nitrogen and oxygen atoms in total. The number of fused-ring (bicyclic) bond motifs is 2. The second-order valence-corrected chi connectivity index (χ2v) is 9.70. The zero-order valence-corrected chi connectivity index (χ0v) is 22.6. The first-order chi connectivity index (χ1) is 19.2. The van der Waals surface area contributed by atoms with E-state index in [1.54, 1.807) is 17.2 Å². The highest BCUT2D eigenvalue weighted by Gasteiger charge is 2.52. The van der Waals surface area contributed by atoms with Crippen molar-refractivity contribution in [3.63, 3.8) is 0 Å². The van der Waals surface area contributed by atoms with Crippen molar-refractivity contribution in [1.82, 2.24) is 35.2 Å². The molecule has 1 unspecified atom stereocenters. The van der Waals surface area contributed by atoms with Gasteiger partial charge in [-0.1, -0.05) is 36.2 Å². The van der Waals surface area contributed by atoms with Crippen LogP contribution in [0.1, 0.15) is 60.5 Å². The number of aromatic amines is 1. The number of hydrazone groups is 1. The number of carbonyl (C=O) groups excluding carboxylic acids is 2. The molecule has 5 rings (SSSR count). The molecule has 0 saturated heterocycles. The van der Waals surface area contributed by atoms with E-state index < -0.39 is 24.3 Å². The van der Waals surface area contributed by atoms with Crippen molar-refractivity contribution in [3.05, 3.63) is 52.2 Å². The molecule has 1 N–H and O–H groups in total. The number of nitrogens with zero attached hydrogens (tertiary/aromatic N) is 8. The number of halogens is 4. The van der Waals surface area contributed by atoms with E-state index in [0.29, 0.717) is 30.4 Å². The van der Waals surface area contributed by atoms with Crippen molar-refractivity contribution in [2.45, 2.75) is 57.9 Å². The third-order valence-corrected chi connectivity index (χ3v) is 6.48. The van der Waals surface area contributed by atoms with Gasteiger partial charge in [-0.3, -0.25) is 9.78 Å². The van der Waals surface area contributed by atoms with Crippen LogP contribution in [0.5, 0.6) is 0 Å². The average molecular weight is 626 g/mol. The van der Waals surface area contributed by atoms with Crippen LogP contribution < -0.4 is 4.90 Å². The highest BCUT2D eigenvalue weighted by atomic mass is 79.9. The number of hydroxylamine groups is 1. The van der Waals surface area contributed by atoms with E-state index in [4.69, 9.17) is 4.52 Å². The number of pyridine rings is 1. The first-order valence-corrected chi connectivity index (χ1v) is 13.2. The molecule has 17 heteroatoms. The standard InChI is InChI=1S/C23H23BrF3N9O4/c1-2-3-6-11-34-18-17(30-21(24)31-18)19(37)35-15(32-36(22(34)35)40-20(38)23(25,26)27)8-9-16-29-14(33-39-16)12-13-7-4-5-10-28-13/h4-5,7,10,22H,2-3,6,8-9,11-12H2,1H3,(H,30,31). The molecule has 0 fully saturated rings. The highest BCUT2D eigenvalue weighted by molar-refractivity contribution is 9.10.